The van der Waals surface area contributed by atoms with Gasteiger partial charge >= 0.3 is 6.61 Å². The molecule has 0 radical (unpaired) electrons. The zero-order chi connectivity index (χ0) is 13.1. The van der Waals surface area contributed by atoms with E-state index in [9.17, 15) is 8.78 Å². The van der Waals surface area contributed by atoms with Gasteiger partial charge in [-0.2, -0.15) is 8.78 Å². The number of nitrogens with one attached hydrogen (secondary N) is 1. The maximum Gasteiger partial charge on any atom is 0.387 e. The van der Waals surface area contributed by atoms with E-state index in [1.54, 1.807) is 12.1 Å². The highest BCUT2D eigenvalue weighted by atomic mass is 79.9. The highest BCUT2D eigenvalue weighted by molar-refractivity contribution is 9.10. The van der Waals surface area contributed by atoms with E-state index in [-0.39, 0.29) is 5.75 Å². The van der Waals surface area contributed by atoms with Crippen LogP contribution in [0.3, 0.4) is 0 Å². The van der Waals surface area contributed by atoms with E-state index < -0.39 is 6.61 Å². The Kier molecular flexibility index (Phi) is 4.56. The average Bonchev–Trinajstić information content (AvgIpc) is 3.12. The lowest BCUT2D eigenvalue weighted by Crippen LogP contribution is -2.27. The normalized spacial score (nSPS) is 16.9. The Morgan fingerprint density at radius 1 is 1.44 bits per heavy atom. The van der Waals surface area contributed by atoms with Crippen molar-refractivity contribution in [3.63, 3.8) is 0 Å². The van der Waals surface area contributed by atoms with Crippen LogP contribution in [0.2, 0.25) is 0 Å². The van der Waals surface area contributed by atoms with Gasteiger partial charge in [0, 0.05) is 22.6 Å². The number of halogens is 3. The molecule has 0 heterocycles. The highest BCUT2D eigenvalue weighted by Crippen LogP contribution is 2.33. The quantitative estimate of drug-likeness (QED) is 0.857. The maximum atomic E-state index is 12.3. The third-order valence-corrected chi connectivity index (χ3v) is 3.68. The van der Waals surface area contributed by atoms with Gasteiger partial charge in [-0.25, -0.2) is 0 Å². The van der Waals surface area contributed by atoms with Crippen LogP contribution >= 0.6 is 15.9 Å². The Labute approximate surface area is 114 Å². The summed E-state index contributed by atoms with van der Waals surface area (Å²) in [6.45, 7) is -0.117. The SMILES string of the molecule is CC(NCc1cc(Br)ccc1OC(F)F)C1CC1. The lowest BCUT2D eigenvalue weighted by molar-refractivity contribution is -0.0505. The fourth-order valence-corrected chi connectivity index (χ4v) is 2.34. The average molecular weight is 320 g/mol. The summed E-state index contributed by atoms with van der Waals surface area (Å²) < 4.78 is 29.9. The minimum Gasteiger partial charge on any atom is -0.434 e. The zero-order valence-corrected chi connectivity index (χ0v) is 11.7. The molecule has 1 fully saturated rings. The van der Waals surface area contributed by atoms with E-state index in [0.717, 1.165) is 16.0 Å². The summed E-state index contributed by atoms with van der Waals surface area (Å²) in [5.41, 5.74) is 0.747. The molecule has 1 aliphatic rings. The molecule has 0 amide bonds. The Hall–Kier alpha value is -0.680. The van der Waals surface area contributed by atoms with Gasteiger partial charge in [0.1, 0.15) is 5.75 Å². The molecular weight excluding hydrogens is 304 g/mol. The van der Waals surface area contributed by atoms with Crippen LogP contribution in [0, 0.1) is 5.92 Å². The van der Waals surface area contributed by atoms with Crippen molar-refractivity contribution >= 4 is 15.9 Å². The fraction of sp³-hybridized carbons (Fsp3) is 0.538. The predicted octanol–water partition coefficient (Wildman–Crippen LogP) is 3.94. The van der Waals surface area contributed by atoms with Gasteiger partial charge in [-0.05, 0) is 43.9 Å². The minimum atomic E-state index is -2.79. The Morgan fingerprint density at radius 3 is 2.78 bits per heavy atom. The monoisotopic (exact) mass is 319 g/mol. The summed E-state index contributed by atoms with van der Waals surface area (Å²) in [6.07, 6.45) is 2.51. The van der Waals surface area contributed by atoms with E-state index >= 15 is 0 Å². The van der Waals surface area contributed by atoms with Gasteiger partial charge in [0.25, 0.3) is 0 Å². The van der Waals surface area contributed by atoms with Crippen LogP contribution in [0.25, 0.3) is 0 Å². The van der Waals surface area contributed by atoms with Gasteiger partial charge in [0.2, 0.25) is 0 Å². The fourth-order valence-electron chi connectivity index (χ4n) is 1.93. The molecule has 1 atom stereocenters. The maximum absolute atomic E-state index is 12.3. The van der Waals surface area contributed by atoms with Crippen molar-refractivity contribution in [1.82, 2.24) is 5.32 Å². The van der Waals surface area contributed by atoms with E-state index in [1.165, 1.54) is 12.8 Å². The summed E-state index contributed by atoms with van der Waals surface area (Å²) in [5, 5.41) is 3.36. The predicted molar refractivity (Wildman–Crippen MR) is 69.8 cm³/mol. The van der Waals surface area contributed by atoms with Crippen LogP contribution in [0.1, 0.15) is 25.3 Å². The number of hydrogen-bond donors (Lipinski definition) is 1. The van der Waals surface area contributed by atoms with Crippen LogP contribution in [0.4, 0.5) is 8.78 Å². The first-order chi connectivity index (χ1) is 8.56. The number of benzene rings is 1. The van der Waals surface area contributed by atoms with Crippen molar-refractivity contribution in [2.75, 3.05) is 0 Å². The van der Waals surface area contributed by atoms with Crippen LogP contribution in [0.15, 0.2) is 22.7 Å². The molecule has 0 saturated heterocycles. The van der Waals surface area contributed by atoms with E-state index in [0.29, 0.717) is 12.6 Å². The van der Waals surface area contributed by atoms with Crippen molar-refractivity contribution in [3.8, 4) is 5.75 Å². The summed E-state index contributed by atoms with van der Waals surface area (Å²) >= 11 is 3.34. The summed E-state index contributed by atoms with van der Waals surface area (Å²) in [5.74, 6) is 0.973. The summed E-state index contributed by atoms with van der Waals surface area (Å²) in [6, 6.07) is 5.49. The van der Waals surface area contributed by atoms with E-state index in [4.69, 9.17) is 0 Å². The molecule has 0 aliphatic heterocycles. The second-order valence-electron chi connectivity index (χ2n) is 4.64. The molecule has 0 bridgehead atoms. The van der Waals surface area contributed by atoms with Crippen molar-refractivity contribution in [2.24, 2.45) is 5.92 Å². The van der Waals surface area contributed by atoms with Gasteiger partial charge in [-0.15, -0.1) is 0 Å². The topological polar surface area (TPSA) is 21.3 Å². The van der Waals surface area contributed by atoms with Crippen LogP contribution < -0.4 is 10.1 Å². The molecule has 18 heavy (non-hydrogen) atoms. The second kappa shape index (κ2) is 5.97. The van der Waals surface area contributed by atoms with E-state index in [2.05, 4.69) is 32.9 Å². The lowest BCUT2D eigenvalue weighted by Gasteiger charge is -2.15. The molecular formula is C13H16BrF2NO. The zero-order valence-electron chi connectivity index (χ0n) is 10.1. The van der Waals surface area contributed by atoms with Crippen molar-refractivity contribution in [1.29, 1.82) is 0 Å². The first-order valence-corrected chi connectivity index (χ1v) is 6.82. The lowest BCUT2D eigenvalue weighted by atomic mass is 10.1. The minimum absolute atomic E-state index is 0.240. The summed E-state index contributed by atoms with van der Waals surface area (Å²) in [4.78, 5) is 0. The standard InChI is InChI=1S/C13H16BrF2NO/c1-8(9-2-3-9)17-7-10-6-11(14)4-5-12(10)18-13(15)16/h4-6,8-9,13,17H,2-3,7H2,1H3. The Morgan fingerprint density at radius 2 is 2.17 bits per heavy atom. The molecule has 1 aliphatic carbocycles. The number of hydrogen-bond acceptors (Lipinski definition) is 2. The van der Waals surface area contributed by atoms with E-state index in [1.807, 2.05) is 6.07 Å². The van der Waals surface area contributed by atoms with Gasteiger partial charge < -0.3 is 10.1 Å². The molecule has 100 valence electrons. The Bertz CT molecular complexity index is 410. The Balaban J connectivity index is 2.01. The second-order valence-corrected chi connectivity index (χ2v) is 5.55. The molecule has 1 saturated carbocycles. The molecule has 2 nitrogen and oxygen atoms in total. The molecule has 0 aromatic heterocycles. The first-order valence-electron chi connectivity index (χ1n) is 6.03. The largest absolute Gasteiger partial charge is 0.434 e. The van der Waals surface area contributed by atoms with Crippen molar-refractivity contribution in [3.05, 3.63) is 28.2 Å². The third kappa shape index (κ3) is 3.92. The smallest absolute Gasteiger partial charge is 0.387 e. The van der Waals surface area contributed by atoms with Crippen LogP contribution in [-0.4, -0.2) is 12.7 Å². The molecule has 1 aromatic rings. The van der Waals surface area contributed by atoms with Crippen molar-refractivity contribution in [2.45, 2.75) is 39.0 Å². The molecule has 5 heteroatoms. The van der Waals surface area contributed by atoms with Gasteiger partial charge in [-0.3, -0.25) is 0 Å². The molecule has 0 spiro atoms. The number of ether oxygens (including phenoxy) is 1. The van der Waals surface area contributed by atoms with Gasteiger partial charge in [-0.1, -0.05) is 15.9 Å². The summed E-state index contributed by atoms with van der Waals surface area (Å²) in [7, 11) is 0. The highest BCUT2D eigenvalue weighted by Gasteiger charge is 2.27. The molecule has 1 aromatic carbocycles. The number of alkyl halides is 2. The molecule has 1 unspecified atom stereocenters. The van der Waals surface area contributed by atoms with Crippen LogP contribution in [-0.2, 0) is 6.54 Å². The van der Waals surface area contributed by atoms with Gasteiger partial charge in [0.05, 0.1) is 0 Å². The van der Waals surface area contributed by atoms with Crippen LogP contribution in [0.5, 0.6) is 5.75 Å². The van der Waals surface area contributed by atoms with Crippen molar-refractivity contribution < 1.29 is 13.5 Å². The molecule has 1 N–H and O–H groups in total. The number of rotatable bonds is 6. The van der Waals surface area contributed by atoms with Gasteiger partial charge in [0.15, 0.2) is 0 Å². The molecule has 2 rings (SSSR count). The third-order valence-electron chi connectivity index (χ3n) is 3.18. The first kappa shape index (κ1) is 13.7.